The van der Waals surface area contributed by atoms with Crippen molar-refractivity contribution in [2.75, 3.05) is 19.5 Å². The Bertz CT molecular complexity index is 762. The zero-order valence-electron chi connectivity index (χ0n) is 12.9. The molecule has 23 heavy (non-hydrogen) atoms. The molecular formula is C18H16N2O3. The number of nitrogens with one attached hydrogen (secondary N) is 1. The Morgan fingerprint density at radius 3 is 2.43 bits per heavy atom. The third kappa shape index (κ3) is 3.89. The zero-order chi connectivity index (χ0) is 16.7. The first kappa shape index (κ1) is 16.1. The lowest BCUT2D eigenvalue weighted by atomic mass is 10.1. The fraction of sp³-hybridized carbons (Fsp3) is 0.111. The SMILES string of the molecule is COc1cccc(/C=C(\C#N)C(=O)Nc2ccccc2)c1OC. The average molecular weight is 308 g/mol. The van der Waals surface area contributed by atoms with Crippen molar-refractivity contribution in [1.82, 2.24) is 0 Å². The van der Waals surface area contributed by atoms with Crippen molar-refractivity contribution in [3.63, 3.8) is 0 Å². The summed E-state index contributed by atoms with van der Waals surface area (Å²) in [6.45, 7) is 0. The number of ether oxygens (including phenoxy) is 2. The van der Waals surface area contributed by atoms with Crippen molar-refractivity contribution in [3.8, 4) is 17.6 Å². The lowest BCUT2D eigenvalue weighted by molar-refractivity contribution is -0.112. The summed E-state index contributed by atoms with van der Waals surface area (Å²) in [6, 6.07) is 16.1. The van der Waals surface area contributed by atoms with Crippen molar-refractivity contribution in [3.05, 3.63) is 59.7 Å². The van der Waals surface area contributed by atoms with Gasteiger partial charge in [-0.25, -0.2) is 0 Å². The Morgan fingerprint density at radius 1 is 1.09 bits per heavy atom. The Hall–Kier alpha value is -3.26. The molecule has 0 aromatic heterocycles. The minimum absolute atomic E-state index is 0.0274. The van der Waals surface area contributed by atoms with Crippen LogP contribution in [-0.4, -0.2) is 20.1 Å². The molecule has 5 heteroatoms. The molecule has 0 atom stereocenters. The number of nitriles is 1. The van der Waals surface area contributed by atoms with E-state index in [0.717, 1.165) is 0 Å². The number of anilines is 1. The van der Waals surface area contributed by atoms with Gasteiger partial charge in [0.2, 0.25) is 0 Å². The van der Waals surface area contributed by atoms with Crippen LogP contribution in [0.1, 0.15) is 5.56 Å². The first-order valence-corrected chi connectivity index (χ1v) is 6.88. The largest absolute Gasteiger partial charge is 0.493 e. The standard InChI is InChI=1S/C18H16N2O3/c1-22-16-10-6-7-13(17(16)23-2)11-14(12-19)18(21)20-15-8-4-3-5-9-15/h3-11H,1-2H3,(H,20,21)/b14-11+. The number of rotatable bonds is 5. The van der Waals surface area contributed by atoms with Gasteiger partial charge in [-0.2, -0.15) is 5.26 Å². The second-order valence-electron chi connectivity index (χ2n) is 4.57. The third-order valence-electron chi connectivity index (χ3n) is 3.13. The number of amides is 1. The van der Waals surface area contributed by atoms with E-state index in [2.05, 4.69) is 5.32 Å². The van der Waals surface area contributed by atoms with Crippen LogP contribution in [0.25, 0.3) is 6.08 Å². The van der Waals surface area contributed by atoms with Crippen LogP contribution in [0.15, 0.2) is 54.1 Å². The minimum atomic E-state index is -0.483. The van der Waals surface area contributed by atoms with E-state index < -0.39 is 5.91 Å². The highest BCUT2D eigenvalue weighted by Gasteiger charge is 2.13. The van der Waals surface area contributed by atoms with E-state index in [-0.39, 0.29) is 5.57 Å². The molecular weight excluding hydrogens is 292 g/mol. The van der Waals surface area contributed by atoms with E-state index in [9.17, 15) is 10.1 Å². The van der Waals surface area contributed by atoms with Crippen molar-refractivity contribution >= 4 is 17.7 Å². The molecule has 0 aliphatic heterocycles. The van der Waals surface area contributed by atoms with Gasteiger partial charge in [0.05, 0.1) is 14.2 Å². The smallest absolute Gasteiger partial charge is 0.266 e. The number of nitrogens with zero attached hydrogens (tertiary/aromatic N) is 1. The maximum Gasteiger partial charge on any atom is 0.266 e. The first-order valence-electron chi connectivity index (χ1n) is 6.88. The Kier molecular flexibility index (Phi) is 5.37. The normalized spacial score (nSPS) is 10.6. The number of methoxy groups -OCH3 is 2. The van der Waals surface area contributed by atoms with Gasteiger partial charge in [-0.3, -0.25) is 4.79 Å². The summed E-state index contributed by atoms with van der Waals surface area (Å²) in [7, 11) is 3.03. The van der Waals surface area contributed by atoms with E-state index in [1.165, 1.54) is 20.3 Å². The monoisotopic (exact) mass is 308 g/mol. The number of carbonyl (C=O) groups excluding carboxylic acids is 1. The summed E-state index contributed by atoms with van der Waals surface area (Å²) < 4.78 is 10.5. The van der Waals surface area contributed by atoms with E-state index in [4.69, 9.17) is 9.47 Å². The van der Waals surface area contributed by atoms with Crippen molar-refractivity contribution in [1.29, 1.82) is 5.26 Å². The average Bonchev–Trinajstić information content (AvgIpc) is 2.59. The predicted molar refractivity (Wildman–Crippen MR) is 88.2 cm³/mol. The van der Waals surface area contributed by atoms with Gasteiger partial charge in [0.1, 0.15) is 11.6 Å². The second kappa shape index (κ2) is 7.66. The molecule has 2 rings (SSSR count). The molecule has 0 aliphatic rings. The molecule has 0 saturated heterocycles. The van der Waals surface area contributed by atoms with Gasteiger partial charge < -0.3 is 14.8 Å². The highest BCUT2D eigenvalue weighted by Crippen LogP contribution is 2.32. The number of para-hydroxylation sites is 2. The molecule has 5 nitrogen and oxygen atoms in total. The molecule has 2 aromatic carbocycles. The molecule has 116 valence electrons. The minimum Gasteiger partial charge on any atom is -0.493 e. The number of hydrogen-bond donors (Lipinski definition) is 1. The molecule has 0 radical (unpaired) electrons. The fourth-order valence-electron chi connectivity index (χ4n) is 2.05. The molecule has 0 spiro atoms. The second-order valence-corrected chi connectivity index (χ2v) is 4.57. The van der Waals surface area contributed by atoms with Crippen LogP contribution < -0.4 is 14.8 Å². The van der Waals surface area contributed by atoms with Crippen LogP contribution in [-0.2, 0) is 4.79 Å². The summed E-state index contributed by atoms with van der Waals surface area (Å²) in [5.41, 5.74) is 1.18. The van der Waals surface area contributed by atoms with Crippen LogP contribution >= 0.6 is 0 Å². The van der Waals surface area contributed by atoms with Crippen LogP contribution in [0.3, 0.4) is 0 Å². The Balaban J connectivity index is 2.32. The molecule has 0 heterocycles. The van der Waals surface area contributed by atoms with Crippen LogP contribution in [0.4, 0.5) is 5.69 Å². The number of benzene rings is 2. The molecule has 2 aromatic rings. The van der Waals surface area contributed by atoms with E-state index in [1.807, 2.05) is 12.1 Å². The topological polar surface area (TPSA) is 71.3 Å². The summed E-state index contributed by atoms with van der Waals surface area (Å²) in [6.07, 6.45) is 1.47. The summed E-state index contributed by atoms with van der Waals surface area (Å²) in [4.78, 5) is 12.2. The molecule has 0 bridgehead atoms. The highest BCUT2D eigenvalue weighted by atomic mass is 16.5. The zero-order valence-corrected chi connectivity index (χ0v) is 12.9. The maximum atomic E-state index is 12.2. The van der Waals surface area contributed by atoms with Gasteiger partial charge >= 0.3 is 0 Å². The van der Waals surface area contributed by atoms with Gasteiger partial charge in [0, 0.05) is 11.3 Å². The van der Waals surface area contributed by atoms with Crippen LogP contribution in [0.5, 0.6) is 11.5 Å². The van der Waals surface area contributed by atoms with E-state index in [0.29, 0.717) is 22.7 Å². The third-order valence-corrected chi connectivity index (χ3v) is 3.13. The molecule has 0 fully saturated rings. The summed E-state index contributed by atoms with van der Waals surface area (Å²) in [5.74, 6) is 0.515. The predicted octanol–water partition coefficient (Wildman–Crippen LogP) is 3.25. The molecule has 0 aliphatic carbocycles. The van der Waals surface area contributed by atoms with E-state index >= 15 is 0 Å². The van der Waals surface area contributed by atoms with Crippen LogP contribution in [0, 0.1) is 11.3 Å². The Morgan fingerprint density at radius 2 is 1.83 bits per heavy atom. The number of hydrogen-bond acceptors (Lipinski definition) is 4. The van der Waals surface area contributed by atoms with Crippen molar-refractivity contribution in [2.45, 2.75) is 0 Å². The van der Waals surface area contributed by atoms with Gasteiger partial charge in [-0.1, -0.05) is 30.3 Å². The van der Waals surface area contributed by atoms with Gasteiger partial charge in [-0.05, 0) is 24.3 Å². The van der Waals surface area contributed by atoms with Crippen molar-refractivity contribution in [2.24, 2.45) is 0 Å². The first-order chi connectivity index (χ1) is 11.2. The molecule has 0 saturated carbocycles. The van der Waals surface area contributed by atoms with Gasteiger partial charge in [0.15, 0.2) is 11.5 Å². The van der Waals surface area contributed by atoms with Gasteiger partial charge in [-0.15, -0.1) is 0 Å². The summed E-state index contributed by atoms with van der Waals surface area (Å²) >= 11 is 0. The van der Waals surface area contributed by atoms with Crippen molar-refractivity contribution < 1.29 is 14.3 Å². The molecule has 1 amide bonds. The maximum absolute atomic E-state index is 12.2. The molecule has 1 N–H and O–H groups in total. The van der Waals surface area contributed by atoms with Crippen LogP contribution in [0.2, 0.25) is 0 Å². The lowest BCUT2D eigenvalue weighted by Gasteiger charge is -2.10. The Labute approximate surface area is 134 Å². The summed E-state index contributed by atoms with van der Waals surface area (Å²) in [5, 5.41) is 12.0. The fourth-order valence-corrected chi connectivity index (χ4v) is 2.05. The van der Waals surface area contributed by atoms with Gasteiger partial charge in [0.25, 0.3) is 5.91 Å². The molecule has 0 unspecified atom stereocenters. The van der Waals surface area contributed by atoms with E-state index in [1.54, 1.807) is 42.5 Å². The number of carbonyl (C=O) groups is 1. The highest BCUT2D eigenvalue weighted by molar-refractivity contribution is 6.09. The lowest BCUT2D eigenvalue weighted by Crippen LogP contribution is -2.13. The quantitative estimate of drug-likeness (QED) is 0.680.